The van der Waals surface area contributed by atoms with E-state index in [1.54, 1.807) is 24.3 Å². The van der Waals surface area contributed by atoms with Crippen LogP contribution in [0.15, 0.2) is 24.3 Å². The van der Waals surface area contributed by atoms with E-state index in [0.717, 1.165) is 12.8 Å². The van der Waals surface area contributed by atoms with Gasteiger partial charge in [0.1, 0.15) is 0 Å². The number of amides is 1. The number of hydrogen-bond donors (Lipinski definition) is 2. The van der Waals surface area contributed by atoms with Gasteiger partial charge in [0, 0.05) is 30.5 Å². The molecule has 1 amide bonds. The maximum absolute atomic E-state index is 12.3. The molecule has 5 nitrogen and oxygen atoms in total. The van der Waals surface area contributed by atoms with Gasteiger partial charge in [-0.15, -0.1) is 0 Å². The molecule has 2 N–H and O–H groups in total. The standard InChI is InChI=1S/C27H43NO4/c1-2-3-4-5-6-7-8-9-10-11-12-13-14-16-25(29)23-18-20-24(21-19-23)27(32)28-22-15-17-26(30)31/h18-21H,2-17,22H2,1H3,(H,28,32)(H,30,31). The van der Waals surface area contributed by atoms with Crippen LogP contribution in [0.25, 0.3) is 0 Å². The van der Waals surface area contributed by atoms with E-state index in [0.29, 0.717) is 30.5 Å². The molecule has 0 heterocycles. The SMILES string of the molecule is CCCCCCCCCCCCCCCC(=O)c1ccc(C(=O)NCCCC(=O)O)cc1. The molecular formula is C27H43NO4. The molecule has 0 unspecified atom stereocenters. The predicted octanol–water partition coefficient (Wildman–Crippen LogP) is 6.95. The average molecular weight is 446 g/mol. The first-order valence-electron chi connectivity index (χ1n) is 12.7. The van der Waals surface area contributed by atoms with E-state index in [1.165, 1.54) is 70.6 Å². The highest BCUT2D eigenvalue weighted by atomic mass is 16.4. The minimum Gasteiger partial charge on any atom is -0.481 e. The number of aliphatic carboxylic acids is 1. The van der Waals surface area contributed by atoms with Crippen LogP contribution < -0.4 is 5.32 Å². The van der Waals surface area contributed by atoms with E-state index < -0.39 is 5.97 Å². The molecular weight excluding hydrogens is 402 g/mol. The summed E-state index contributed by atoms with van der Waals surface area (Å²) < 4.78 is 0. The molecule has 0 radical (unpaired) electrons. The van der Waals surface area contributed by atoms with Crippen LogP contribution in [0, 0.1) is 0 Å². The normalized spacial score (nSPS) is 10.8. The van der Waals surface area contributed by atoms with Crippen molar-refractivity contribution in [1.29, 1.82) is 0 Å². The van der Waals surface area contributed by atoms with Crippen LogP contribution >= 0.6 is 0 Å². The Balaban J connectivity index is 2.07. The van der Waals surface area contributed by atoms with Gasteiger partial charge in [0.2, 0.25) is 0 Å². The van der Waals surface area contributed by atoms with Crippen LogP contribution in [0.1, 0.15) is 130 Å². The van der Waals surface area contributed by atoms with Gasteiger partial charge in [0.05, 0.1) is 0 Å². The molecule has 0 aliphatic carbocycles. The molecule has 0 spiro atoms. The van der Waals surface area contributed by atoms with Crippen molar-refractivity contribution >= 4 is 17.7 Å². The summed E-state index contributed by atoms with van der Waals surface area (Å²) in [5, 5.41) is 11.3. The van der Waals surface area contributed by atoms with Gasteiger partial charge in [-0.1, -0.05) is 96.1 Å². The lowest BCUT2D eigenvalue weighted by Crippen LogP contribution is -2.24. The van der Waals surface area contributed by atoms with Crippen molar-refractivity contribution in [1.82, 2.24) is 5.32 Å². The first-order valence-corrected chi connectivity index (χ1v) is 12.7. The van der Waals surface area contributed by atoms with E-state index in [2.05, 4.69) is 12.2 Å². The van der Waals surface area contributed by atoms with Crippen LogP contribution in [0.3, 0.4) is 0 Å². The first-order chi connectivity index (χ1) is 15.5. The van der Waals surface area contributed by atoms with Crippen molar-refractivity contribution in [2.24, 2.45) is 0 Å². The largest absolute Gasteiger partial charge is 0.481 e. The number of carboxylic acids is 1. The smallest absolute Gasteiger partial charge is 0.303 e. The number of carboxylic acid groups (broad SMARTS) is 1. The second-order valence-electron chi connectivity index (χ2n) is 8.75. The topological polar surface area (TPSA) is 83.5 Å². The number of carbonyl (C=O) groups is 3. The van der Waals surface area contributed by atoms with Gasteiger partial charge in [0.15, 0.2) is 5.78 Å². The summed E-state index contributed by atoms with van der Waals surface area (Å²) in [5.74, 6) is -0.988. The highest BCUT2D eigenvalue weighted by Crippen LogP contribution is 2.14. The van der Waals surface area contributed by atoms with Crippen LogP contribution in [-0.2, 0) is 4.79 Å². The van der Waals surface area contributed by atoms with E-state index in [4.69, 9.17) is 5.11 Å². The number of Topliss-reactive ketones (excluding diaryl/α,β-unsaturated/α-hetero) is 1. The first kappa shape index (κ1) is 27.9. The Kier molecular flexibility index (Phi) is 16.0. The van der Waals surface area contributed by atoms with Crippen molar-refractivity contribution < 1.29 is 19.5 Å². The minimum atomic E-state index is -0.870. The third kappa shape index (κ3) is 14.0. The van der Waals surface area contributed by atoms with E-state index in [-0.39, 0.29) is 18.1 Å². The van der Waals surface area contributed by atoms with Gasteiger partial charge >= 0.3 is 5.97 Å². The number of benzene rings is 1. The quantitative estimate of drug-likeness (QED) is 0.168. The lowest BCUT2D eigenvalue weighted by Gasteiger charge is -2.06. The lowest BCUT2D eigenvalue weighted by molar-refractivity contribution is -0.137. The molecule has 0 aromatic heterocycles. The summed E-state index contributed by atoms with van der Waals surface area (Å²) >= 11 is 0. The molecule has 5 heteroatoms. The number of rotatable bonds is 20. The Morgan fingerprint density at radius 2 is 1.12 bits per heavy atom. The van der Waals surface area contributed by atoms with Crippen molar-refractivity contribution in [2.45, 2.75) is 110 Å². The zero-order valence-electron chi connectivity index (χ0n) is 20.0. The van der Waals surface area contributed by atoms with Crippen LogP contribution in [0.4, 0.5) is 0 Å². The van der Waals surface area contributed by atoms with E-state index >= 15 is 0 Å². The molecule has 0 aliphatic heterocycles. The van der Waals surface area contributed by atoms with Crippen molar-refractivity contribution in [2.75, 3.05) is 6.54 Å². The van der Waals surface area contributed by atoms with E-state index in [1.807, 2.05) is 0 Å². The van der Waals surface area contributed by atoms with Crippen LogP contribution in [0.5, 0.6) is 0 Å². The number of nitrogens with one attached hydrogen (secondary N) is 1. The number of ketones is 1. The molecule has 1 rings (SSSR count). The summed E-state index contributed by atoms with van der Waals surface area (Å²) in [7, 11) is 0. The second-order valence-corrected chi connectivity index (χ2v) is 8.75. The van der Waals surface area contributed by atoms with Crippen LogP contribution in [0.2, 0.25) is 0 Å². The summed E-state index contributed by atoms with van der Waals surface area (Å²) in [6.45, 7) is 2.58. The Morgan fingerprint density at radius 3 is 1.62 bits per heavy atom. The van der Waals surface area contributed by atoms with Gasteiger partial charge in [-0.2, -0.15) is 0 Å². The summed E-state index contributed by atoms with van der Waals surface area (Å²) in [6.07, 6.45) is 17.7. The van der Waals surface area contributed by atoms with Gasteiger partial charge in [-0.25, -0.2) is 0 Å². The van der Waals surface area contributed by atoms with Gasteiger partial charge < -0.3 is 10.4 Å². The molecule has 0 saturated carbocycles. The molecule has 0 aliphatic rings. The van der Waals surface area contributed by atoms with Gasteiger partial charge in [-0.05, 0) is 25.0 Å². The molecule has 0 saturated heterocycles. The molecule has 0 bridgehead atoms. The minimum absolute atomic E-state index is 0.0346. The average Bonchev–Trinajstić information content (AvgIpc) is 2.79. The fraction of sp³-hybridized carbons (Fsp3) is 0.667. The third-order valence-electron chi connectivity index (χ3n) is 5.83. The van der Waals surface area contributed by atoms with Gasteiger partial charge in [0.25, 0.3) is 5.91 Å². The Morgan fingerprint density at radius 1 is 0.656 bits per heavy atom. The van der Waals surface area contributed by atoms with Crippen molar-refractivity contribution in [3.05, 3.63) is 35.4 Å². The molecule has 0 atom stereocenters. The number of unbranched alkanes of at least 4 members (excludes halogenated alkanes) is 12. The molecule has 1 aromatic rings. The monoisotopic (exact) mass is 445 g/mol. The van der Waals surface area contributed by atoms with Crippen LogP contribution in [-0.4, -0.2) is 29.3 Å². The maximum atomic E-state index is 12.3. The predicted molar refractivity (Wildman–Crippen MR) is 130 cm³/mol. The third-order valence-corrected chi connectivity index (χ3v) is 5.83. The Hall–Kier alpha value is -2.17. The zero-order chi connectivity index (χ0) is 23.4. The fourth-order valence-electron chi connectivity index (χ4n) is 3.80. The van der Waals surface area contributed by atoms with E-state index in [9.17, 15) is 14.4 Å². The Bertz CT molecular complexity index is 654. The molecule has 1 aromatic carbocycles. The number of hydrogen-bond acceptors (Lipinski definition) is 3. The second kappa shape index (κ2) is 18.4. The summed E-state index contributed by atoms with van der Waals surface area (Å²) in [6, 6.07) is 6.72. The molecule has 32 heavy (non-hydrogen) atoms. The molecule has 180 valence electrons. The number of carbonyl (C=O) groups excluding carboxylic acids is 2. The highest BCUT2D eigenvalue weighted by molar-refractivity contribution is 5.98. The molecule has 0 fully saturated rings. The Labute approximate surface area is 194 Å². The van der Waals surface area contributed by atoms with Crippen molar-refractivity contribution in [3.63, 3.8) is 0 Å². The summed E-state index contributed by atoms with van der Waals surface area (Å²) in [4.78, 5) is 34.9. The lowest BCUT2D eigenvalue weighted by atomic mass is 10.0. The highest BCUT2D eigenvalue weighted by Gasteiger charge is 2.09. The van der Waals surface area contributed by atoms with Gasteiger partial charge in [-0.3, -0.25) is 14.4 Å². The zero-order valence-corrected chi connectivity index (χ0v) is 20.0. The maximum Gasteiger partial charge on any atom is 0.303 e. The van der Waals surface area contributed by atoms with Crippen molar-refractivity contribution in [3.8, 4) is 0 Å². The fourth-order valence-corrected chi connectivity index (χ4v) is 3.80. The summed E-state index contributed by atoms with van der Waals surface area (Å²) in [5.41, 5.74) is 1.13.